The van der Waals surface area contributed by atoms with E-state index in [2.05, 4.69) is 14.8 Å². The van der Waals surface area contributed by atoms with Gasteiger partial charge in [0, 0.05) is 23.4 Å². The number of nitrogens with zero attached hydrogens (tertiary/aromatic N) is 3. The molecule has 3 aromatic rings. The van der Waals surface area contributed by atoms with Gasteiger partial charge in [-0.1, -0.05) is 11.6 Å². The molecule has 3 rings (SSSR count). The van der Waals surface area contributed by atoms with E-state index in [0.717, 1.165) is 12.1 Å². The highest BCUT2D eigenvalue weighted by Crippen LogP contribution is 2.29. The van der Waals surface area contributed by atoms with E-state index in [-0.39, 0.29) is 27.5 Å². The van der Waals surface area contributed by atoms with Gasteiger partial charge in [-0.2, -0.15) is 5.10 Å². The normalized spacial score (nSPS) is 10.9. The Kier molecular flexibility index (Phi) is 3.50. The highest BCUT2D eigenvalue weighted by Gasteiger charge is 2.18. The molecule has 0 amide bonds. The number of ether oxygens (including phenoxy) is 1. The number of esters is 1. The van der Waals surface area contributed by atoms with E-state index < -0.39 is 17.6 Å². The molecular weight excluding hydrogens is 316 g/mol. The van der Waals surface area contributed by atoms with Gasteiger partial charge in [0.05, 0.1) is 13.3 Å². The van der Waals surface area contributed by atoms with Crippen LogP contribution >= 0.6 is 11.6 Å². The molecule has 2 aromatic heterocycles. The molecule has 8 heteroatoms. The number of fused-ring (bicyclic) bond motifs is 1. The van der Waals surface area contributed by atoms with Gasteiger partial charge < -0.3 is 4.74 Å². The van der Waals surface area contributed by atoms with Crippen molar-refractivity contribution in [3.05, 3.63) is 52.9 Å². The molecule has 0 radical (unpaired) electrons. The second kappa shape index (κ2) is 5.34. The summed E-state index contributed by atoms with van der Waals surface area (Å²) in [5.41, 5.74) is 0.626. The molecule has 0 unspecified atom stereocenters. The number of methoxy groups -OCH3 is 1. The van der Waals surface area contributed by atoms with E-state index in [4.69, 9.17) is 11.6 Å². The maximum Gasteiger partial charge on any atom is 0.343 e. The van der Waals surface area contributed by atoms with Gasteiger partial charge >= 0.3 is 5.97 Å². The zero-order chi connectivity index (χ0) is 15.9. The van der Waals surface area contributed by atoms with Crippen molar-refractivity contribution >= 4 is 23.2 Å². The molecule has 1 aromatic carbocycles. The quantitative estimate of drug-likeness (QED) is 0.537. The highest BCUT2D eigenvalue weighted by atomic mass is 35.5. The van der Waals surface area contributed by atoms with Crippen LogP contribution in [-0.4, -0.2) is 27.7 Å². The van der Waals surface area contributed by atoms with E-state index in [1.807, 2.05) is 0 Å². The number of rotatable bonds is 2. The Labute approximate surface area is 128 Å². The first-order chi connectivity index (χ1) is 10.5. The average Bonchev–Trinajstić information content (AvgIpc) is 2.89. The monoisotopic (exact) mass is 323 g/mol. The molecule has 0 aliphatic rings. The minimum Gasteiger partial charge on any atom is -0.465 e. The summed E-state index contributed by atoms with van der Waals surface area (Å²) in [4.78, 5) is 15.6. The summed E-state index contributed by atoms with van der Waals surface area (Å²) in [6, 6.07) is 3.12. The first kappa shape index (κ1) is 14.4. The molecule has 0 aliphatic carbocycles. The van der Waals surface area contributed by atoms with Gasteiger partial charge in [-0.25, -0.2) is 23.1 Å². The second-order valence-electron chi connectivity index (χ2n) is 4.39. The highest BCUT2D eigenvalue weighted by molar-refractivity contribution is 6.32. The van der Waals surface area contributed by atoms with Crippen LogP contribution < -0.4 is 0 Å². The molecule has 0 atom stereocenters. The van der Waals surface area contributed by atoms with Gasteiger partial charge in [0.1, 0.15) is 22.4 Å². The van der Waals surface area contributed by atoms with Gasteiger partial charge in [-0.05, 0) is 12.1 Å². The smallest absolute Gasteiger partial charge is 0.343 e. The largest absolute Gasteiger partial charge is 0.465 e. The standard InChI is InChI=1S/C14H8ClF2N3O2/c1-22-14(21)9-5-18-20-6-10(12(15)19-13(9)20)8-3-2-7(16)4-11(8)17/h2-6H,1H3. The van der Waals surface area contributed by atoms with Crippen molar-refractivity contribution in [3.8, 4) is 11.1 Å². The Morgan fingerprint density at radius 3 is 2.77 bits per heavy atom. The maximum absolute atomic E-state index is 13.9. The fourth-order valence-electron chi connectivity index (χ4n) is 2.03. The lowest BCUT2D eigenvalue weighted by Crippen LogP contribution is -2.02. The summed E-state index contributed by atoms with van der Waals surface area (Å²) in [6.45, 7) is 0. The topological polar surface area (TPSA) is 56.5 Å². The molecule has 22 heavy (non-hydrogen) atoms. The van der Waals surface area contributed by atoms with Gasteiger partial charge in [-0.3, -0.25) is 0 Å². The van der Waals surface area contributed by atoms with Gasteiger partial charge in [0.2, 0.25) is 0 Å². The SMILES string of the molecule is COC(=O)c1cnn2cc(-c3ccc(F)cc3F)c(Cl)nc12. The molecular formula is C14H8ClF2N3O2. The van der Waals surface area contributed by atoms with E-state index in [1.54, 1.807) is 0 Å². The van der Waals surface area contributed by atoms with Crippen molar-refractivity contribution in [1.82, 2.24) is 14.6 Å². The van der Waals surface area contributed by atoms with Crippen molar-refractivity contribution in [2.45, 2.75) is 0 Å². The lowest BCUT2D eigenvalue weighted by Gasteiger charge is -2.06. The summed E-state index contributed by atoms with van der Waals surface area (Å²) < 4.78 is 32.8. The molecule has 0 saturated heterocycles. The molecule has 0 fully saturated rings. The third-order valence-corrected chi connectivity index (χ3v) is 3.36. The molecule has 0 bridgehead atoms. The molecule has 112 valence electrons. The number of aromatic nitrogens is 3. The number of benzene rings is 1. The van der Waals surface area contributed by atoms with Crippen molar-refractivity contribution in [3.63, 3.8) is 0 Å². The molecule has 0 saturated carbocycles. The molecule has 0 aliphatic heterocycles. The van der Waals surface area contributed by atoms with Crippen molar-refractivity contribution < 1.29 is 18.3 Å². The van der Waals surface area contributed by atoms with Gasteiger partial charge in [-0.15, -0.1) is 0 Å². The number of hydrogen-bond acceptors (Lipinski definition) is 4. The van der Waals surface area contributed by atoms with Gasteiger partial charge in [0.25, 0.3) is 0 Å². The molecule has 0 N–H and O–H groups in total. The van der Waals surface area contributed by atoms with Crippen LogP contribution in [0.5, 0.6) is 0 Å². The zero-order valence-corrected chi connectivity index (χ0v) is 11.9. The van der Waals surface area contributed by atoms with Crippen LogP contribution in [0, 0.1) is 11.6 Å². The summed E-state index contributed by atoms with van der Waals surface area (Å²) in [5, 5.41) is 3.92. The minimum atomic E-state index is -0.775. The maximum atomic E-state index is 13.9. The van der Waals surface area contributed by atoms with E-state index in [1.165, 1.54) is 30.1 Å². The minimum absolute atomic E-state index is 0.0383. The summed E-state index contributed by atoms with van der Waals surface area (Å²) in [7, 11) is 1.23. The van der Waals surface area contributed by atoms with Crippen LogP contribution in [0.3, 0.4) is 0 Å². The summed E-state index contributed by atoms with van der Waals surface area (Å²) in [5.74, 6) is -2.08. The number of carbonyl (C=O) groups excluding carboxylic acids is 1. The summed E-state index contributed by atoms with van der Waals surface area (Å²) >= 11 is 6.06. The van der Waals surface area contributed by atoms with E-state index >= 15 is 0 Å². The predicted molar refractivity (Wildman–Crippen MR) is 74.7 cm³/mol. The first-order valence-corrected chi connectivity index (χ1v) is 6.46. The fraction of sp³-hybridized carbons (Fsp3) is 0.0714. The van der Waals surface area contributed by atoms with Crippen LogP contribution in [0.15, 0.2) is 30.6 Å². The Morgan fingerprint density at radius 1 is 1.32 bits per heavy atom. The van der Waals surface area contributed by atoms with Gasteiger partial charge in [0.15, 0.2) is 5.65 Å². The van der Waals surface area contributed by atoms with Crippen molar-refractivity contribution in [1.29, 1.82) is 0 Å². The predicted octanol–water partition coefficient (Wildman–Crippen LogP) is 3.11. The van der Waals surface area contributed by atoms with E-state index in [9.17, 15) is 13.6 Å². The average molecular weight is 324 g/mol. The van der Waals surface area contributed by atoms with E-state index in [0.29, 0.717) is 0 Å². The van der Waals surface area contributed by atoms with Crippen LogP contribution in [0.25, 0.3) is 16.8 Å². The Balaban J connectivity index is 2.20. The van der Waals surface area contributed by atoms with Crippen LogP contribution in [-0.2, 0) is 4.74 Å². The second-order valence-corrected chi connectivity index (χ2v) is 4.75. The molecule has 0 spiro atoms. The van der Waals surface area contributed by atoms with Crippen LogP contribution in [0.4, 0.5) is 8.78 Å². The third kappa shape index (κ3) is 2.29. The number of hydrogen-bond donors (Lipinski definition) is 0. The number of halogens is 3. The Morgan fingerprint density at radius 2 is 2.09 bits per heavy atom. The van der Waals surface area contributed by atoms with Crippen molar-refractivity contribution in [2.24, 2.45) is 0 Å². The zero-order valence-electron chi connectivity index (χ0n) is 11.2. The molecule has 5 nitrogen and oxygen atoms in total. The Bertz CT molecular complexity index is 895. The lowest BCUT2D eigenvalue weighted by molar-refractivity contribution is 0.0602. The third-order valence-electron chi connectivity index (χ3n) is 3.07. The fourth-order valence-corrected chi connectivity index (χ4v) is 2.26. The van der Waals surface area contributed by atoms with Crippen molar-refractivity contribution in [2.75, 3.05) is 7.11 Å². The summed E-state index contributed by atoms with van der Waals surface area (Å²) in [6.07, 6.45) is 2.68. The number of carbonyl (C=O) groups is 1. The van der Waals surface area contributed by atoms with Crippen LogP contribution in [0.2, 0.25) is 5.15 Å². The Hall–Kier alpha value is -2.54. The first-order valence-electron chi connectivity index (χ1n) is 6.09. The van der Waals surface area contributed by atoms with Crippen LogP contribution in [0.1, 0.15) is 10.4 Å². The molecule has 2 heterocycles. The lowest BCUT2D eigenvalue weighted by atomic mass is 10.1.